The summed E-state index contributed by atoms with van der Waals surface area (Å²) in [5.74, 6) is 0.135. The Morgan fingerprint density at radius 1 is 1.35 bits per heavy atom. The molecule has 0 saturated carbocycles. The minimum Gasteiger partial charge on any atom is -0.201 e. The molecule has 2 heterocycles. The lowest BCUT2D eigenvalue weighted by molar-refractivity contribution is -0.141. The minimum atomic E-state index is -4.54. The Morgan fingerprint density at radius 3 is 2.53 bits per heavy atom. The van der Waals surface area contributed by atoms with Crippen LogP contribution in [0.15, 0.2) is 18.3 Å². The first kappa shape index (κ1) is 11.8. The molecule has 0 aliphatic heterocycles. The molecule has 2 aromatic heterocycles. The van der Waals surface area contributed by atoms with Gasteiger partial charge in [-0.3, -0.25) is 0 Å². The third-order valence-electron chi connectivity index (χ3n) is 2.09. The average Bonchev–Trinajstić information content (AvgIpc) is 2.57. The number of halogens is 4. The van der Waals surface area contributed by atoms with Gasteiger partial charge in [-0.2, -0.15) is 23.4 Å². The van der Waals surface area contributed by atoms with E-state index in [1.807, 2.05) is 0 Å². The molecule has 8 heteroatoms. The van der Waals surface area contributed by atoms with Crippen molar-refractivity contribution in [2.45, 2.75) is 13.1 Å². The number of aromatic nitrogens is 4. The third kappa shape index (κ3) is 2.10. The summed E-state index contributed by atoms with van der Waals surface area (Å²) >= 11 is 5.79. The highest BCUT2D eigenvalue weighted by atomic mass is 35.5. The van der Waals surface area contributed by atoms with Crippen LogP contribution < -0.4 is 0 Å². The maximum Gasteiger partial charge on any atom is 0.435 e. The Hall–Kier alpha value is -1.63. The Labute approximate surface area is 99.0 Å². The first-order valence-corrected chi connectivity index (χ1v) is 4.89. The molecule has 17 heavy (non-hydrogen) atoms. The van der Waals surface area contributed by atoms with Gasteiger partial charge in [-0.05, 0) is 19.1 Å². The molecule has 0 unspecified atom stereocenters. The van der Waals surface area contributed by atoms with Crippen molar-refractivity contribution < 1.29 is 13.2 Å². The molecule has 2 aromatic rings. The average molecular weight is 263 g/mol. The zero-order valence-corrected chi connectivity index (χ0v) is 9.29. The molecule has 2 rings (SSSR count). The topological polar surface area (TPSA) is 43.6 Å². The van der Waals surface area contributed by atoms with Crippen LogP contribution in [0.5, 0.6) is 0 Å². The van der Waals surface area contributed by atoms with Crippen LogP contribution in [0, 0.1) is 6.92 Å². The van der Waals surface area contributed by atoms with Crippen LogP contribution in [0.3, 0.4) is 0 Å². The third-order valence-corrected chi connectivity index (χ3v) is 2.54. The number of nitrogens with zero attached hydrogens (tertiary/aromatic N) is 4. The lowest BCUT2D eigenvalue weighted by Crippen LogP contribution is -2.09. The molecule has 0 amide bonds. The molecule has 0 fully saturated rings. The normalized spacial score (nSPS) is 11.8. The monoisotopic (exact) mass is 262 g/mol. The largest absolute Gasteiger partial charge is 0.435 e. The molecule has 0 atom stereocenters. The van der Waals surface area contributed by atoms with Gasteiger partial charge < -0.3 is 0 Å². The zero-order valence-electron chi connectivity index (χ0n) is 8.53. The highest BCUT2D eigenvalue weighted by molar-refractivity contribution is 6.30. The van der Waals surface area contributed by atoms with E-state index in [2.05, 4.69) is 15.3 Å². The van der Waals surface area contributed by atoms with E-state index in [9.17, 15) is 13.2 Å². The summed E-state index contributed by atoms with van der Waals surface area (Å²) in [6, 6.07) is 2.99. The highest BCUT2D eigenvalue weighted by Crippen LogP contribution is 2.34. The van der Waals surface area contributed by atoms with Crippen LogP contribution in [0.4, 0.5) is 13.2 Å². The van der Waals surface area contributed by atoms with Gasteiger partial charge in [-0.1, -0.05) is 11.6 Å². The van der Waals surface area contributed by atoms with Gasteiger partial charge in [-0.15, -0.1) is 5.10 Å². The van der Waals surface area contributed by atoms with E-state index in [-0.39, 0.29) is 16.5 Å². The summed E-state index contributed by atoms with van der Waals surface area (Å²) in [6.07, 6.45) is -3.14. The standard InChI is InChI=1S/C9H6ClF3N4/c1-5-7(9(11,12)13)16-17(8(5)10)6-3-2-4-14-15-6/h2-4H,1H3. The molecule has 0 spiro atoms. The van der Waals surface area contributed by atoms with Crippen molar-refractivity contribution >= 4 is 11.6 Å². The first-order valence-electron chi connectivity index (χ1n) is 4.51. The number of hydrogen-bond donors (Lipinski definition) is 0. The molecular formula is C9H6ClF3N4. The second kappa shape index (κ2) is 3.99. The van der Waals surface area contributed by atoms with E-state index in [1.165, 1.54) is 25.3 Å². The van der Waals surface area contributed by atoms with E-state index in [0.29, 0.717) is 0 Å². The maximum absolute atomic E-state index is 12.6. The summed E-state index contributed by atoms with van der Waals surface area (Å²) in [5.41, 5.74) is -1.15. The van der Waals surface area contributed by atoms with Crippen molar-refractivity contribution in [3.05, 3.63) is 34.7 Å². The molecule has 0 aromatic carbocycles. The van der Waals surface area contributed by atoms with Gasteiger partial charge in [0.05, 0.1) is 0 Å². The molecule has 4 nitrogen and oxygen atoms in total. The quantitative estimate of drug-likeness (QED) is 0.793. The van der Waals surface area contributed by atoms with Gasteiger partial charge in [-0.25, -0.2) is 4.68 Å². The van der Waals surface area contributed by atoms with Crippen LogP contribution in [0.1, 0.15) is 11.3 Å². The molecule has 90 valence electrons. The summed E-state index contributed by atoms with van der Waals surface area (Å²) in [7, 11) is 0. The van der Waals surface area contributed by atoms with Crippen LogP contribution in [-0.4, -0.2) is 20.0 Å². The van der Waals surface area contributed by atoms with Gasteiger partial charge in [0, 0.05) is 11.8 Å². The van der Waals surface area contributed by atoms with Gasteiger partial charge in [0.15, 0.2) is 11.5 Å². The Morgan fingerprint density at radius 2 is 2.06 bits per heavy atom. The van der Waals surface area contributed by atoms with Crippen molar-refractivity contribution in [2.24, 2.45) is 0 Å². The Kier molecular flexibility index (Phi) is 2.78. The van der Waals surface area contributed by atoms with Gasteiger partial charge in [0.25, 0.3) is 0 Å². The van der Waals surface area contributed by atoms with Gasteiger partial charge >= 0.3 is 6.18 Å². The summed E-state index contributed by atoms with van der Waals surface area (Å²) in [5, 5.41) is 10.5. The fourth-order valence-electron chi connectivity index (χ4n) is 1.30. The van der Waals surface area contributed by atoms with E-state index >= 15 is 0 Å². The number of rotatable bonds is 1. The summed E-state index contributed by atoms with van der Waals surface area (Å²) in [4.78, 5) is 0. The van der Waals surface area contributed by atoms with Crippen molar-refractivity contribution in [3.8, 4) is 5.82 Å². The van der Waals surface area contributed by atoms with E-state index in [1.54, 1.807) is 0 Å². The van der Waals surface area contributed by atoms with Crippen LogP contribution in [0.25, 0.3) is 5.82 Å². The zero-order chi connectivity index (χ0) is 12.6. The van der Waals surface area contributed by atoms with Crippen molar-refractivity contribution in [2.75, 3.05) is 0 Å². The first-order chi connectivity index (χ1) is 7.91. The SMILES string of the molecule is Cc1c(C(F)(F)F)nn(-c2cccnn2)c1Cl. The molecule has 0 N–H and O–H groups in total. The second-order valence-electron chi connectivity index (χ2n) is 3.26. The van der Waals surface area contributed by atoms with Crippen LogP contribution >= 0.6 is 11.6 Å². The fourth-order valence-corrected chi connectivity index (χ4v) is 1.52. The van der Waals surface area contributed by atoms with Crippen molar-refractivity contribution in [1.82, 2.24) is 20.0 Å². The summed E-state index contributed by atoms with van der Waals surface area (Å²) in [6.45, 7) is 1.25. The molecule has 0 aliphatic carbocycles. The molecule has 0 aliphatic rings. The van der Waals surface area contributed by atoms with Crippen LogP contribution in [0.2, 0.25) is 5.15 Å². The van der Waals surface area contributed by atoms with Crippen molar-refractivity contribution in [1.29, 1.82) is 0 Å². The van der Waals surface area contributed by atoms with Gasteiger partial charge in [0.2, 0.25) is 0 Å². The van der Waals surface area contributed by atoms with Gasteiger partial charge in [0.1, 0.15) is 5.15 Å². The molecular weight excluding hydrogens is 257 g/mol. The maximum atomic E-state index is 12.6. The molecule has 0 radical (unpaired) electrons. The van der Waals surface area contributed by atoms with Crippen LogP contribution in [-0.2, 0) is 6.18 Å². The Bertz CT molecular complexity index is 535. The second-order valence-corrected chi connectivity index (χ2v) is 3.61. The van der Waals surface area contributed by atoms with E-state index < -0.39 is 11.9 Å². The summed E-state index contributed by atoms with van der Waals surface area (Å²) < 4.78 is 38.7. The predicted molar refractivity (Wildman–Crippen MR) is 53.9 cm³/mol. The lowest BCUT2D eigenvalue weighted by Gasteiger charge is -2.02. The molecule has 0 bridgehead atoms. The minimum absolute atomic E-state index is 0.127. The number of hydrogen-bond acceptors (Lipinski definition) is 3. The Balaban J connectivity index is 2.59. The van der Waals surface area contributed by atoms with Crippen molar-refractivity contribution in [3.63, 3.8) is 0 Å². The highest BCUT2D eigenvalue weighted by Gasteiger charge is 2.37. The number of alkyl halides is 3. The smallest absolute Gasteiger partial charge is 0.201 e. The lowest BCUT2D eigenvalue weighted by atomic mass is 10.3. The molecule has 0 saturated heterocycles. The predicted octanol–water partition coefficient (Wildman–Crippen LogP) is 2.64. The van der Waals surface area contributed by atoms with E-state index in [4.69, 9.17) is 11.6 Å². The fraction of sp³-hybridized carbons (Fsp3) is 0.222. The van der Waals surface area contributed by atoms with E-state index in [0.717, 1.165) is 4.68 Å².